The molecule has 1 saturated heterocycles. The number of allylic oxidation sites excluding steroid dienone is 2. The van der Waals surface area contributed by atoms with Crippen molar-refractivity contribution < 1.29 is 9.59 Å². The summed E-state index contributed by atoms with van der Waals surface area (Å²) in [7, 11) is 0. The van der Waals surface area contributed by atoms with Crippen LogP contribution in [0.2, 0.25) is 0 Å². The van der Waals surface area contributed by atoms with E-state index in [1.807, 2.05) is 24.3 Å². The van der Waals surface area contributed by atoms with Gasteiger partial charge in [-0.1, -0.05) is 40.2 Å². The Hall–Kier alpha value is -1.75. The summed E-state index contributed by atoms with van der Waals surface area (Å²) >= 11 is 3.38. The fourth-order valence-corrected chi connectivity index (χ4v) is 5.11. The lowest BCUT2D eigenvalue weighted by Crippen LogP contribution is -2.30. The standard InChI is InChI=1S/C18H15BrN2O2/c19-11-3-1-10(2-4-11)9-20-21-16(22)14-12-5-6-13(15(14)17(21)23)18(12)7-8-18/h1-6,9,12-15H,7-8H2/b20-9-/t12-,13-,14-,15-/m0/s1. The van der Waals surface area contributed by atoms with Gasteiger partial charge in [0, 0.05) is 4.47 Å². The van der Waals surface area contributed by atoms with Crippen LogP contribution in [0.15, 0.2) is 46.0 Å². The molecule has 0 aromatic heterocycles. The molecule has 116 valence electrons. The Morgan fingerprint density at radius 2 is 1.61 bits per heavy atom. The molecule has 4 aliphatic rings. The van der Waals surface area contributed by atoms with Crippen LogP contribution < -0.4 is 0 Å². The number of halogens is 1. The predicted octanol–water partition coefficient (Wildman–Crippen LogP) is 2.98. The van der Waals surface area contributed by atoms with Crippen molar-refractivity contribution in [3.8, 4) is 0 Å². The van der Waals surface area contributed by atoms with Crippen molar-refractivity contribution in [3.63, 3.8) is 0 Å². The highest BCUT2D eigenvalue weighted by Crippen LogP contribution is 2.73. The van der Waals surface area contributed by atoms with Gasteiger partial charge in [-0.2, -0.15) is 10.1 Å². The van der Waals surface area contributed by atoms with Crippen molar-refractivity contribution in [1.82, 2.24) is 5.01 Å². The maximum Gasteiger partial charge on any atom is 0.254 e. The third-order valence-electron chi connectivity index (χ3n) is 6.02. The summed E-state index contributed by atoms with van der Waals surface area (Å²) in [6.07, 6.45) is 8.25. The van der Waals surface area contributed by atoms with E-state index in [4.69, 9.17) is 0 Å². The summed E-state index contributed by atoms with van der Waals surface area (Å²) in [5.41, 5.74) is 1.10. The Morgan fingerprint density at radius 3 is 2.13 bits per heavy atom. The highest BCUT2D eigenvalue weighted by Gasteiger charge is 2.73. The van der Waals surface area contributed by atoms with Crippen LogP contribution in [0.3, 0.4) is 0 Å². The number of benzene rings is 1. The average molecular weight is 371 g/mol. The van der Waals surface area contributed by atoms with E-state index < -0.39 is 0 Å². The lowest BCUT2D eigenvalue weighted by atomic mass is 9.85. The van der Waals surface area contributed by atoms with Crippen LogP contribution in [-0.2, 0) is 9.59 Å². The van der Waals surface area contributed by atoms with Gasteiger partial charge < -0.3 is 0 Å². The van der Waals surface area contributed by atoms with Crippen molar-refractivity contribution in [3.05, 3.63) is 46.5 Å². The Bertz CT molecular complexity index is 745. The molecule has 3 aliphatic carbocycles. The summed E-state index contributed by atoms with van der Waals surface area (Å²) in [4.78, 5) is 25.5. The summed E-state index contributed by atoms with van der Waals surface area (Å²) in [5.74, 6) is -0.0826. The molecule has 4 nitrogen and oxygen atoms in total. The van der Waals surface area contributed by atoms with Crippen molar-refractivity contribution in [2.75, 3.05) is 0 Å². The minimum atomic E-state index is -0.179. The van der Waals surface area contributed by atoms with E-state index in [1.54, 1.807) is 6.21 Å². The molecule has 1 aromatic rings. The van der Waals surface area contributed by atoms with Crippen LogP contribution in [0.25, 0.3) is 0 Å². The summed E-state index contributed by atoms with van der Waals surface area (Å²) in [6, 6.07) is 7.60. The monoisotopic (exact) mass is 370 g/mol. The Morgan fingerprint density at radius 1 is 1.04 bits per heavy atom. The number of nitrogens with zero attached hydrogens (tertiary/aromatic N) is 2. The Kier molecular flexibility index (Phi) is 2.62. The van der Waals surface area contributed by atoms with Gasteiger partial charge in [0.15, 0.2) is 0 Å². The maximum absolute atomic E-state index is 12.7. The number of hydrogen-bond acceptors (Lipinski definition) is 3. The van der Waals surface area contributed by atoms with E-state index in [9.17, 15) is 9.59 Å². The zero-order valence-electron chi connectivity index (χ0n) is 12.4. The first-order valence-corrected chi connectivity index (χ1v) is 8.77. The minimum Gasteiger partial charge on any atom is -0.272 e. The third kappa shape index (κ3) is 1.69. The summed E-state index contributed by atoms with van der Waals surface area (Å²) in [6.45, 7) is 0. The van der Waals surface area contributed by atoms with E-state index in [0.29, 0.717) is 0 Å². The van der Waals surface area contributed by atoms with Crippen molar-refractivity contribution in [1.29, 1.82) is 0 Å². The summed E-state index contributed by atoms with van der Waals surface area (Å²) in [5, 5.41) is 5.31. The normalized spacial score (nSPS) is 35.8. The number of hydrazone groups is 1. The molecule has 23 heavy (non-hydrogen) atoms. The molecule has 2 amide bonds. The highest BCUT2D eigenvalue weighted by molar-refractivity contribution is 9.10. The molecule has 5 rings (SSSR count). The number of carbonyl (C=O) groups excluding carboxylic acids is 2. The van der Waals surface area contributed by atoms with E-state index in [2.05, 4.69) is 33.2 Å². The van der Waals surface area contributed by atoms with Gasteiger partial charge in [-0.25, -0.2) is 0 Å². The average Bonchev–Trinajstić information content (AvgIpc) is 3.15. The molecule has 2 saturated carbocycles. The van der Waals surface area contributed by atoms with Gasteiger partial charge in [0.1, 0.15) is 0 Å². The predicted molar refractivity (Wildman–Crippen MR) is 88.4 cm³/mol. The van der Waals surface area contributed by atoms with E-state index in [-0.39, 0.29) is 40.9 Å². The molecule has 4 atom stereocenters. The topological polar surface area (TPSA) is 49.7 Å². The minimum absolute atomic E-state index is 0.114. The maximum atomic E-state index is 12.7. The molecular weight excluding hydrogens is 356 g/mol. The molecular formula is C18H15BrN2O2. The Balaban J connectivity index is 1.43. The molecule has 1 spiro atoms. The molecule has 1 heterocycles. The fourth-order valence-electron chi connectivity index (χ4n) is 4.85. The third-order valence-corrected chi connectivity index (χ3v) is 6.55. The molecule has 3 fully saturated rings. The SMILES string of the molecule is O=C1[C@@H]2[C@@H](C(=O)N1/N=C\c1ccc(Br)cc1)[C@@H]1C=C[C@@H]2C12CC2. The number of fused-ring (bicyclic) bond motifs is 3. The van der Waals surface area contributed by atoms with Gasteiger partial charge in [-0.3, -0.25) is 9.59 Å². The van der Waals surface area contributed by atoms with Crippen LogP contribution in [-0.4, -0.2) is 23.0 Å². The molecule has 5 heteroatoms. The second-order valence-corrected chi connectivity index (χ2v) is 7.92. The molecule has 0 radical (unpaired) electrons. The van der Waals surface area contributed by atoms with Gasteiger partial charge in [0.05, 0.1) is 18.1 Å². The molecule has 1 aromatic carbocycles. The first-order valence-electron chi connectivity index (χ1n) is 7.97. The highest BCUT2D eigenvalue weighted by atomic mass is 79.9. The number of rotatable bonds is 2. The van der Waals surface area contributed by atoms with Crippen LogP contribution >= 0.6 is 15.9 Å². The van der Waals surface area contributed by atoms with Gasteiger partial charge in [-0.15, -0.1) is 0 Å². The number of imide groups is 1. The van der Waals surface area contributed by atoms with Gasteiger partial charge in [-0.05, 0) is 47.8 Å². The van der Waals surface area contributed by atoms with Gasteiger partial charge in [0.25, 0.3) is 11.8 Å². The van der Waals surface area contributed by atoms with Crippen molar-refractivity contribution in [2.45, 2.75) is 12.8 Å². The molecule has 1 aliphatic heterocycles. The number of hydrogen-bond donors (Lipinski definition) is 0. The zero-order chi connectivity index (χ0) is 15.8. The first-order chi connectivity index (χ1) is 11.1. The van der Waals surface area contributed by atoms with E-state index in [1.165, 1.54) is 0 Å². The second kappa shape index (κ2) is 4.41. The molecule has 2 bridgehead atoms. The van der Waals surface area contributed by atoms with Gasteiger partial charge in [0.2, 0.25) is 0 Å². The first kappa shape index (κ1) is 13.7. The van der Waals surface area contributed by atoms with E-state index >= 15 is 0 Å². The van der Waals surface area contributed by atoms with Crippen molar-refractivity contribution in [2.24, 2.45) is 34.2 Å². The van der Waals surface area contributed by atoms with Crippen LogP contribution in [0, 0.1) is 29.1 Å². The van der Waals surface area contributed by atoms with Crippen molar-refractivity contribution >= 4 is 34.0 Å². The second-order valence-electron chi connectivity index (χ2n) is 7.01. The van der Waals surface area contributed by atoms with Crippen LogP contribution in [0.5, 0.6) is 0 Å². The quantitative estimate of drug-likeness (QED) is 0.456. The lowest BCUT2D eigenvalue weighted by molar-refractivity contribution is -0.141. The fraction of sp³-hybridized carbons (Fsp3) is 0.389. The van der Waals surface area contributed by atoms with Gasteiger partial charge >= 0.3 is 0 Å². The number of amides is 2. The Labute approximate surface area is 142 Å². The van der Waals surface area contributed by atoms with E-state index in [0.717, 1.165) is 27.9 Å². The zero-order valence-corrected chi connectivity index (χ0v) is 13.9. The number of carbonyl (C=O) groups is 2. The smallest absolute Gasteiger partial charge is 0.254 e. The lowest BCUT2D eigenvalue weighted by Gasteiger charge is -2.18. The molecule has 0 N–H and O–H groups in total. The summed E-state index contributed by atoms with van der Waals surface area (Å²) < 4.78 is 0.981. The molecule has 0 unspecified atom stereocenters. The van der Waals surface area contributed by atoms with Crippen LogP contribution in [0.4, 0.5) is 0 Å². The largest absolute Gasteiger partial charge is 0.272 e. The van der Waals surface area contributed by atoms with Crippen LogP contribution in [0.1, 0.15) is 18.4 Å².